The minimum Gasteiger partial charge on any atom is -0.423 e. The van der Waals surface area contributed by atoms with Gasteiger partial charge in [-0.1, -0.05) is 36.0 Å². The van der Waals surface area contributed by atoms with Gasteiger partial charge in [0.25, 0.3) is 0 Å². The molecular weight excluding hydrogens is 332 g/mol. The molecule has 0 aliphatic heterocycles. The zero-order valence-corrected chi connectivity index (χ0v) is 15.0. The zero-order chi connectivity index (χ0) is 17.4. The number of imidazole rings is 1. The van der Waals surface area contributed by atoms with E-state index in [0.29, 0.717) is 11.3 Å². The van der Waals surface area contributed by atoms with Crippen molar-refractivity contribution in [3.05, 3.63) is 70.1 Å². The highest BCUT2D eigenvalue weighted by atomic mass is 32.2. The Kier molecular flexibility index (Phi) is 4.09. The van der Waals surface area contributed by atoms with E-state index in [4.69, 9.17) is 9.40 Å². The molecule has 4 aromatic rings. The van der Waals surface area contributed by atoms with E-state index < -0.39 is 0 Å². The Bertz CT molecular complexity index is 1130. The summed E-state index contributed by atoms with van der Waals surface area (Å²) in [7, 11) is 0. The molecule has 0 aliphatic rings. The van der Waals surface area contributed by atoms with Gasteiger partial charge >= 0.3 is 5.63 Å². The van der Waals surface area contributed by atoms with Crippen molar-refractivity contribution in [1.29, 1.82) is 0 Å². The van der Waals surface area contributed by atoms with Crippen molar-refractivity contribution in [2.45, 2.75) is 31.3 Å². The van der Waals surface area contributed by atoms with Crippen LogP contribution in [0.25, 0.3) is 22.0 Å². The molecule has 0 atom stereocenters. The average molecular weight is 350 g/mol. The lowest BCUT2D eigenvalue weighted by atomic mass is 10.1. The van der Waals surface area contributed by atoms with Gasteiger partial charge in [0, 0.05) is 23.8 Å². The Labute approximate surface area is 149 Å². The molecule has 2 aromatic carbocycles. The maximum absolute atomic E-state index is 11.9. The highest BCUT2D eigenvalue weighted by Gasteiger charge is 2.12. The Morgan fingerprint density at radius 3 is 2.84 bits per heavy atom. The molecule has 0 bridgehead atoms. The molecule has 0 spiro atoms. The Morgan fingerprint density at radius 2 is 2.00 bits per heavy atom. The van der Waals surface area contributed by atoms with Crippen molar-refractivity contribution in [3.63, 3.8) is 0 Å². The minimum absolute atomic E-state index is 0.308. The van der Waals surface area contributed by atoms with Crippen LogP contribution >= 0.6 is 11.8 Å². The molecule has 0 saturated carbocycles. The van der Waals surface area contributed by atoms with Crippen LogP contribution in [-0.2, 0) is 12.3 Å². The monoisotopic (exact) mass is 350 g/mol. The number of nitrogens with zero attached hydrogens (tertiary/aromatic N) is 2. The molecule has 0 saturated heterocycles. The summed E-state index contributed by atoms with van der Waals surface area (Å²) in [5.41, 5.74) is 4.53. The highest BCUT2D eigenvalue weighted by Crippen LogP contribution is 2.29. The smallest absolute Gasteiger partial charge is 0.336 e. The summed E-state index contributed by atoms with van der Waals surface area (Å²) in [6.45, 7) is 4.97. The Hall–Kier alpha value is -2.53. The maximum Gasteiger partial charge on any atom is 0.336 e. The lowest BCUT2D eigenvalue weighted by Gasteiger charge is -2.07. The summed E-state index contributed by atoms with van der Waals surface area (Å²) in [5, 5.41) is 1.95. The molecule has 0 unspecified atom stereocenters. The highest BCUT2D eigenvalue weighted by molar-refractivity contribution is 7.98. The van der Waals surface area contributed by atoms with Crippen LogP contribution in [0.1, 0.15) is 18.1 Å². The maximum atomic E-state index is 11.9. The van der Waals surface area contributed by atoms with Gasteiger partial charge in [-0.2, -0.15) is 0 Å². The lowest BCUT2D eigenvalue weighted by molar-refractivity contribution is 0.559. The number of hydrogen-bond acceptors (Lipinski definition) is 4. The van der Waals surface area contributed by atoms with Crippen molar-refractivity contribution in [3.8, 4) is 0 Å². The van der Waals surface area contributed by atoms with Crippen molar-refractivity contribution < 1.29 is 4.42 Å². The van der Waals surface area contributed by atoms with Crippen LogP contribution in [0.5, 0.6) is 0 Å². The van der Waals surface area contributed by atoms with E-state index in [1.807, 2.05) is 43.3 Å². The van der Waals surface area contributed by atoms with Gasteiger partial charge in [0.2, 0.25) is 0 Å². The van der Waals surface area contributed by atoms with Crippen LogP contribution in [0.2, 0.25) is 0 Å². The molecule has 0 aliphatic carbocycles. The molecule has 0 N–H and O–H groups in total. The Morgan fingerprint density at radius 1 is 1.16 bits per heavy atom. The van der Waals surface area contributed by atoms with Gasteiger partial charge < -0.3 is 8.98 Å². The first-order valence-electron chi connectivity index (χ1n) is 8.27. The third-order valence-corrected chi connectivity index (χ3v) is 5.30. The van der Waals surface area contributed by atoms with Crippen molar-refractivity contribution >= 4 is 33.8 Å². The number of fused-ring (bicyclic) bond motifs is 2. The second kappa shape index (κ2) is 6.41. The number of para-hydroxylation sites is 2. The molecule has 2 aromatic heterocycles. The van der Waals surface area contributed by atoms with E-state index in [-0.39, 0.29) is 5.63 Å². The topological polar surface area (TPSA) is 48.0 Å². The fourth-order valence-electron chi connectivity index (χ4n) is 3.07. The largest absolute Gasteiger partial charge is 0.423 e. The van der Waals surface area contributed by atoms with E-state index in [2.05, 4.69) is 17.6 Å². The summed E-state index contributed by atoms with van der Waals surface area (Å²) in [6.07, 6.45) is 0. The fourth-order valence-corrected chi connectivity index (χ4v) is 4.14. The average Bonchev–Trinajstić information content (AvgIpc) is 2.96. The van der Waals surface area contributed by atoms with Gasteiger partial charge in [-0.3, -0.25) is 0 Å². The van der Waals surface area contributed by atoms with Crippen LogP contribution in [0, 0.1) is 6.92 Å². The number of aryl methyl sites for hydroxylation is 2. The Balaban J connectivity index is 1.72. The van der Waals surface area contributed by atoms with Crippen LogP contribution < -0.4 is 5.63 Å². The lowest BCUT2D eigenvalue weighted by Crippen LogP contribution is -2.01. The van der Waals surface area contributed by atoms with Gasteiger partial charge in [-0.05, 0) is 43.2 Å². The fraction of sp³-hybridized carbons (Fsp3) is 0.200. The summed E-state index contributed by atoms with van der Waals surface area (Å²) < 4.78 is 7.55. The van der Waals surface area contributed by atoms with Gasteiger partial charge in [0.15, 0.2) is 5.16 Å². The standard InChI is InChI=1S/C20H18N2O2S/c1-3-22-17-7-5-4-6-16(17)21-20(22)25-12-14-11-19(23)24-18-10-13(2)8-9-15(14)18/h4-11H,3,12H2,1-2H3. The van der Waals surface area contributed by atoms with Gasteiger partial charge in [-0.25, -0.2) is 9.78 Å². The molecule has 5 heteroatoms. The van der Waals surface area contributed by atoms with Crippen LogP contribution in [-0.4, -0.2) is 9.55 Å². The first kappa shape index (κ1) is 16.0. The van der Waals surface area contributed by atoms with Crippen LogP contribution in [0.3, 0.4) is 0 Å². The molecule has 0 amide bonds. The minimum atomic E-state index is -0.308. The summed E-state index contributed by atoms with van der Waals surface area (Å²) in [6, 6.07) is 15.7. The summed E-state index contributed by atoms with van der Waals surface area (Å²) >= 11 is 1.65. The molecule has 25 heavy (non-hydrogen) atoms. The number of benzene rings is 2. The number of rotatable bonds is 4. The molecule has 4 nitrogen and oxygen atoms in total. The predicted molar refractivity (Wildman–Crippen MR) is 102 cm³/mol. The van der Waals surface area contributed by atoms with E-state index in [1.165, 1.54) is 0 Å². The summed E-state index contributed by atoms with van der Waals surface area (Å²) in [5.74, 6) is 0.675. The molecule has 4 rings (SSSR count). The third kappa shape index (κ3) is 2.96. The van der Waals surface area contributed by atoms with Gasteiger partial charge in [0.1, 0.15) is 5.58 Å². The molecule has 0 radical (unpaired) electrons. The molecule has 2 heterocycles. The number of aromatic nitrogens is 2. The second-order valence-electron chi connectivity index (χ2n) is 6.01. The third-order valence-electron chi connectivity index (χ3n) is 4.28. The molecular formula is C20H18N2O2S. The molecule has 126 valence electrons. The second-order valence-corrected chi connectivity index (χ2v) is 6.95. The van der Waals surface area contributed by atoms with Crippen LogP contribution in [0.4, 0.5) is 0 Å². The number of thioether (sulfide) groups is 1. The first-order chi connectivity index (χ1) is 12.2. The van der Waals surface area contributed by atoms with E-state index in [9.17, 15) is 4.79 Å². The van der Waals surface area contributed by atoms with E-state index in [1.54, 1.807) is 17.8 Å². The van der Waals surface area contributed by atoms with Crippen molar-refractivity contribution in [2.24, 2.45) is 0 Å². The quantitative estimate of drug-likeness (QED) is 0.393. The van der Waals surface area contributed by atoms with Crippen molar-refractivity contribution in [2.75, 3.05) is 0 Å². The summed E-state index contributed by atoms with van der Waals surface area (Å²) in [4.78, 5) is 16.6. The van der Waals surface area contributed by atoms with Gasteiger partial charge in [0.05, 0.1) is 11.0 Å². The predicted octanol–water partition coefficient (Wildman–Crippen LogP) is 4.76. The van der Waals surface area contributed by atoms with E-state index in [0.717, 1.165) is 39.2 Å². The first-order valence-corrected chi connectivity index (χ1v) is 9.25. The number of hydrogen-bond donors (Lipinski definition) is 0. The zero-order valence-electron chi connectivity index (χ0n) is 14.2. The molecule has 0 fully saturated rings. The normalized spacial score (nSPS) is 11.4. The van der Waals surface area contributed by atoms with E-state index >= 15 is 0 Å². The SMILES string of the molecule is CCn1c(SCc2cc(=O)oc3cc(C)ccc23)nc2ccccc21. The van der Waals surface area contributed by atoms with Crippen LogP contribution in [0.15, 0.2) is 62.9 Å². The van der Waals surface area contributed by atoms with Gasteiger partial charge in [-0.15, -0.1) is 0 Å². The van der Waals surface area contributed by atoms with Crippen molar-refractivity contribution in [1.82, 2.24) is 9.55 Å².